The van der Waals surface area contributed by atoms with Gasteiger partial charge in [-0.2, -0.15) is 13.1 Å². The van der Waals surface area contributed by atoms with E-state index in [1.165, 1.54) is 52.1 Å². The largest absolute Gasteiger partial charge is 0.399 e. The van der Waals surface area contributed by atoms with Crippen LogP contribution in [0.1, 0.15) is 30.5 Å². The molecule has 0 aliphatic carbocycles. The van der Waals surface area contributed by atoms with Crippen molar-refractivity contribution >= 4 is 80.3 Å². The van der Waals surface area contributed by atoms with Crippen LogP contribution in [0.3, 0.4) is 0 Å². The van der Waals surface area contributed by atoms with Gasteiger partial charge < -0.3 is 9.79 Å². The molecule has 218 valence electrons. The summed E-state index contributed by atoms with van der Waals surface area (Å²) in [6, 6.07) is 14.4. The Balaban J connectivity index is 1.72. The third-order valence-electron chi connectivity index (χ3n) is 5.75. The van der Waals surface area contributed by atoms with Crippen LogP contribution >= 0.6 is 70.3 Å². The molecule has 0 amide bonds. The summed E-state index contributed by atoms with van der Waals surface area (Å²) >= 11 is 18.6. The van der Waals surface area contributed by atoms with Gasteiger partial charge >= 0.3 is 13.3 Å². The van der Waals surface area contributed by atoms with Gasteiger partial charge in [-0.05, 0) is 47.5 Å². The monoisotopic (exact) mass is 733 g/mol. The molecule has 0 aromatic heterocycles. The molecular formula is C25H25BrCl2F2NO5PS3. The molecule has 15 heteroatoms. The predicted octanol–water partition coefficient (Wildman–Crippen LogP) is 8.60. The van der Waals surface area contributed by atoms with Gasteiger partial charge in [0.25, 0.3) is 0 Å². The van der Waals surface area contributed by atoms with E-state index in [2.05, 4.69) is 15.9 Å². The van der Waals surface area contributed by atoms with Crippen molar-refractivity contribution in [3.8, 4) is 0 Å². The molecule has 3 aromatic carbocycles. The van der Waals surface area contributed by atoms with Crippen molar-refractivity contribution in [3.63, 3.8) is 0 Å². The minimum atomic E-state index is -5.67. The van der Waals surface area contributed by atoms with E-state index in [1.54, 1.807) is 13.8 Å². The Bertz CT molecular complexity index is 1540. The minimum absolute atomic E-state index is 0.0120. The molecule has 0 bridgehead atoms. The van der Waals surface area contributed by atoms with Crippen molar-refractivity contribution in [1.29, 1.82) is 0 Å². The van der Waals surface area contributed by atoms with Crippen molar-refractivity contribution in [2.75, 3.05) is 13.1 Å². The molecule has 0 saturated heterocycles. The molecule has 2 N–H and O–H groups in total. The van der Waals surface area contributed by atoms with Crippen molar-refractivity contribution < 1.29 is 31.6 Å². The average Bonchev–Trinajstić information content (AvgIpc) is 2.87. The molecule has 3 aromatic rings. The topological polar surface area (TPSA) is 94.9 Å². The van der Waals surface area contributed by atoms with Crippen LogP contribution in [0.2, 0.25) is 10.0 Å². The van der Waals surface area contributed by atoms with Crippen LogP contribution in [-0.4, -0.2) is 35.6 Å². The van der Waals surface area contributed by atoms with E-state index in [0.29, 0.717) is 40.7 Å². The first-order valence-electron chi connectivity index (χ1n) is 11.7. The van der Waals surface area contributed by atoms with Gasteiger partial charge in [0.05, 0.1) is 5.02 Å². The van der Waals surface area contributed by atoms with Gasteiger partial charge in [-0.15, -0.1) is 23.5 Å². The number of nitrogens with zero attached hydrogens (tertiary/aromatic N) is 1. The molecule has 3 rings (SSSR count). The lowest BCUT2D eigenvalue weighted by atomic mass is 10.1. The Hall–Kier alpha value is -0.660. The third kappa shape index (κ3) is 7.83. The van der Waals surface area contributed by atoms with Gasteiger partial charge in [-0.3, -0.25) is 4.57 Å². The molecule has 40 heavy (non-hydrogen) atoms. The maximum absolute atomic E-state index is 14.1. The maximum Gasteiger partial charge on any atom is 0.399 e. The van der Waals surface area contributed by atoms with Gasteiger partial charge in [-0.25, -0.2) is 8.42 Å². The van der Waals surface area contributed by atoms with Gasteiger partial charge in [0.15, 0.2) is 0 Å². The fourth-order valence-corrected chi connectivity index (χ4v) is 9.25. The smallest absolute Gasteiger partial charge is 0.320 e. The summed E-state index contributed by atoms with van der Waals surface area (Å²) in [5, 5.41) is 0.425. The highest BCUT2D eigenvalue weighted by atomic mass is 79.9. The number of hydrogen-bond acceptors (Lipinski definition) is 5. The highest BCUT2D eigenvalue weighted by molar-refractivity contribution is 9.10. The average molecular weight is 735 g/mol. The van der Waals surface area contributed by atoms with E-state index < -0.39 is 28.8 Å². The first-order chi connectivity index (χ1) is 18.6. The zero-order chi connectivity index (χ0) is 29.9. The summed E-state index contributed by atoms with van der Waals surface area (Å²) in [4.78, 5) is 19.8. The molecule has 0 unspecified atom stereocenters. The number of sulfonamides is 1. The maximum atomic E-state index is 14.1. The fourth-order valence-electron chi connectivity index (χ4n) is 3.61. The summed E-state index contributed by atoms with van der Waals surface area (Å²) in [6.45, 7) is 4.14. The van der Waals surface area contributed by atoms with Crippen LogP contribution in [0.15, 0.2) is 73.8 Å². The van der Waals surface area contributed by atoms with Crippen LogP contribution in [-0.2, 0) is 31.8 Å². The van der Waals surface area contributed by atoms with Gasteiger partial charge in [-0.1, -0.05) is 71.2 Å². The number of hydrogen-bond donors (Lipinski definition) is 2. The van der Waals surface area contributed by atoms with E-state index in [-0.39, 0.29) is 14.4 Å². The zero-order valence-electron chi connectivity index (χ0n) is 21.2. The molecule has 0 saturated carbocycles. The molecule has 0 aliphatic rings. The third-order valence-corrected chi connectivity index (χ3v) is 12.4. The van der Waals surface area contributed by atoms with Crippen molar-refractivity contribution in [1.82, 2.24) is 4.31 Å². The lowest BCUT2D eigenvalue weighted by molar-refractivity contribution is 0.0557. The first-order valence-corrected chi connectivity index (χ1v) is 18.2. The van der Waals surface area contributed by atoms with E-state index in [4.69, 9.17) is 33.0 Å². The summed E-state index contributed by atoms with van der Waals surface area (Å²) in [7, 11) is -9.44. The zero-order valence-corrected chi connectivity index (χ0v) is 27.6. The molecule has 0 radical (unpaired) electrons. The van der Waals surface area contributed by atoms with E-state index in [1.807, 2.05) is 24.3 Å². The molecular weight excluding hydrogens is 710 g/mol. The van der Waals surface area contributed by atoms with E-state index in [9.17, 15) is 21.8 Å². The summed E-state index contributed by atoms with van der Waals surface area (Å²) in [5.74, 6) is 0.817. The first kappa shape index (κ1) is 33.8. The Morgan fingerprint density at radius 1 is 0.950 bits per heavy atom. The number of rotatable bonds is 12. The highest BCUT2D eigenvalue weighted by Crippen LogP contribution is 2.60. The lowest BCUT2D eigenvalue weighted by Crippen LogP contribution is -2.30. The molecule has 0 heterocycles. The second-order valence-electron chi connectivity index (χ2n) is 8.42. The Kier molecular flexibility index (Phi) is 11.6. The van der Waals surface area contributed by atoms with Crippen LogP contribution in [0.5, 0.6) is 0 Å². The number of alkyl halides is 2. The summed E-state index contributed by atoms with van der Waals surface area (Å²) in [6.07, 6.45) is 0. The Morgan fingerprint density at radius 3 is 2.10 bits per heavy atom. The van der Waals surface area contributed by atoms with Crippen molar-refractivity contribution in [3.05, 3.63) is 85.8 Å². The summed E-state index contributed by atoms with van der Waals surface area (Å²) in [5.41, 5.74) is -3.78. The van der Waals surface area contributed by atoms with Gasteiger partial charge in [0.1, 0.15) is 4.90 Å². The number of halogens is 5. The van der Waals surface area contributed by atoms with Gasteiger partial charge in [0, 0.05) is 49.4 Å². The van der Waals surface area contributed by atoms with Crippen molar-refractivity contribution in [2.24, 2.45) is 0 Å². The SMILES string of the molecule is CCN(CC)S(=O)(=O)c1cc(CSc2cccc(SCc3ccc(C(F)(F)P(=O)(O)O)c(Br)c3)c2)c(Cl)cc1Cl. The van der Waals surface area contributed by atoms with Crippen molar-refractivity contribution in [2.45, 2.75) is 45.7 Å². The molecule has 6 nitrogen and oxygen atoms in total. The number of thioether (sulfide) groups is 2. The second kappa shape index (κ2) is 13.8. The summed E-state index contributed by atoms with van der Waals surface area (Å²) < 4.78 is 66.7. The van der Waals surface area contributed by atoms with E-state index >= 15 is 0 Å². The fraction of sp³-hybridized carbons (Fsp3) is 0.280. The molecule has 0 spiro atoms. The van der Waals surface area contributed by atoms with Crippen LogP contribution in [0.4, 0.5) is 8.78 Å². The Labute approximate surface area is 259 Å². The normalized spacial score (nSPS) is 12.8. The van der Waals surface area contributed by atoms with Crippen LogP contribution < -0.4 is 0 Å². The van der Waals surface area contributed by atoms with Crippen LogP contribution in [0, 0.1) is 0 Å². The number of benzene rings is 3. The van der Waals surface area contributed by atoms with Crippen LogP contribution in [0.25, 0.3) is 0 Å². The molecule has 0 atom stereocenters. The predicted molar refractivity (Wildman–Crippen MR) is 162 cm³/mol. The molecule has 0 aliphatic heterocycles. The quantitative estimate of drug-likeness (QED) is 0.142. The highest BCUT2D eigenvalue weighted by Gasteiger charge is 2.51. The Morgan fingerprint density at radius 2 is 1.55 bits per heavy atom. The van der Waals surface area contributed by atoms with Gasteiger partial charge in [0.2, 0.25) is 10.0 Å². The lowest BCUT2D eigenvalue weighted by Gasteiger charge is -2.20. The molecule has 0 fully saturated rings. The van der Waals surface area contributed by atoms with E-state index in [0.717, 1.165) is 15.9 Å². The minimum Gasteiger partial charge on any atom is -0.320 e. The second-order valence-corrected chi connectivity index (χ2v) is 15.7. The standard InChI is InChI=1S/C25H25BrCl2F2NO5PS3/c1-3-31(4-2)40(35,36)24-11-17(22(27)13-23(24)28)15-39-19-7-5-6-18(12-19)38-14-16-8-9-20(21(26)10-16)25(29,30)37(32,33)34/h5-13H,3-4,14-15H2,1-2H3,(H2,32,33,34).